The first-order chi connectivity index (χ1) is 9.63. The van der Waals surface area contributed by atoms with Crippen molar-refractivity contribution in [2.75, 3.05) is 27.4 Å². The normalized spacial score (nSPS) is 10.3. The van der Waals surface area contributed by atoms with Gasteiger partial charge in [-0.25, -0.2) is 9.48 Å². The molecule has 0 saturated carbocycles. The molecule has 0 saturated heterocycles. The van der Waals surface area contributed by atoms with E-state index < -0.39 is 5.97 Å². The summed E-state index contributed by atoms with van der Waals surface area (Å²) >= 11 is 0. The fourth-order valence-corrected chi connectivity index (χ4v) is 1.68. The molecule has 0 unspecified atom stereocenters. The van der Waals surface area contributed by atoms with Crippen molar-refractivity contribution in [1.29, 1.82) is 0 Å². The lowest BCUT2D eigenvalue weighted by Gasteiger charge is -2.07. The Morgan fingerprint density at radius 1 is 1.35 bits per heavy atom. The maximum absolute atomic E-state index is 11.7. The van der Waals surface area contributed by atoms with Crippen LogP contribution in [-0.2, 0) is 27.2 Å². The van der Waals surface area contributed by atoms with Crippen LogP contribution < -0.4 is 5.32 Å². The Bertz CT molecular complexity index is 458. The van der Waals surface area contributed by atoms with Gasteiger partial charge in [0.1, 0.15) is 6.54 Å². The van der Waals surface area contributed by atoms with Crippen LogP contribution in [-0.4, -0.2) is 54.2 Å². The molecule has 1 rings (SSSR count). The van der Waals surface area contributed by atoms with Crippen LogP contribution in [0, 0.1) is 0 Å². The summed E-state index contributed by atoms with van der Waals surface area (Å²) in [5.74, 6) is -0.750. The number of nitrogens with zero attached hydrogens (tertiary/aromatic N) is 3. The van der Waals surface area contributed by atoms with Gasteiger partial charge in [0.25, 0.3) is 0 Å². The van der Waals surface area contributed by atoms with Crippen molar-refractivity contribution in [2.24, 2.45) is 0 Å². The second kappa shape index (κ2) is 8.26. The number of nitrogens with one attached hydrogen (secondary N) is 1. The van der Waals surface area contributed by atoms with Gasteiger partial charge in [-0.1, -0.05) is 18.6 Å². The number of carbonyl (C=O) groups is 2. The third-order valence-electron chi connectivity index (χ3n) is 2.62. The van der Waals surface area contributed by atoms with Crippen molar-refractivity contribution >= 4 is 11.9 Å². The molecule has 1 amide bonds. The van der Waals surface area contributed by atoms with Gasteiger partial charge in [-0.05, 0) is 6.42 Å². The molecule has 0 aliphatic rings. The van der Waals surface area contributed by atoms with Gasteiger partial charge >= 0.3 is 5.97 Å². The molecular formula is C12H20N4O4. The number of aromatic nitrogens is 3. The Kier molecular flexibility index (Phi) is 6.65. The van der Waals surface area contributed by atoms with Crippen molar-refractivity contribution in [3.63, 3.8) is 0 Å². The molecule has 1 aromatic rings. The molecule has 0 spiro atoms. The molecule has 0 bridgehead atoms. The number of esters is 1. The van der Waals surface area contributed by atoms with Crippen LogP contribution in [0.5, 0.6) is 0 Å². The van der Waals surface area contributed by atoms with Crippen LogP contribution in [0.25, 0.3) is 0 Å². The summed E-state index contributed by atoms with van der Waals surface area (Å²) < 4.78 is 10.9. The number of hydrogen-bond donors (Lipinski definition) is 1. The molecule has 20 heavy (non-hydrogen) atoms. The standard InChI is InChI=1S/C12H20N4O4/c1-4-5-9-11(12(18)20-3)14-15-16(9)8-10(17)13-6-7-19-2/h4-8H2,1-3H3,(H,13,17). The Balaban J connectivity index is 2.76. The Morgan fingerprint density at radius 2 is 2.10 bits per heavy atom. The van der Waals surface area contributed by atoms with E-state index >= 15 is 0 Å². The predicted molar refractivity (Wildman–Crippen MR) is 70.2 cm³/mol. The van der Waals surface area contributed by atoms with Crippen molar-refractivity contribution in [3.05, 3.63) is 11.4 Å². The molecular weight excluding hydrogens is 264 g/mol. The lowest BCUT2D eigenvalue weighted by Crippen LogP contribution is -2.31. The van der Waals surface area contributed by atoms with Gasteiger partial charge in [-0.3, -0.25) is 4.79 Å². The fourth-order valence-electron chi connectivity index (χ4n) is 1.68. The van der Waals surface area contributed by atoms with Gasteiger partial charge in [0.15, 0.2) is 5.69 Å². The van der Waals surface area contributed by atoms with E-state index in [1.807, 2.05) is 6.92 Å². The average Bonchev–Trinajstić information content (AvgIpc) is 2.82. The number of ether oxygens (including phenoxy) is 2. The van der Waals surface area contributed by atoms with Gasteiger partial charge in [0, 0.05) is 13.7 Å². The molecule has 0 aliphatic carbocycles. The van der Waals surface area contributed by atoms with E-state index in [1.165, 1.54) is 11.8 Å². The van der Waals surface area contributed by atoms with E-state index in [0.29, 0.717) is 25.3 Å². The number of amides is 1. The summed E-state index contributed by atoms with van der Waals surface area (Å²) in [5.41, 5.74) is 0.778. The maximum atomic E-state index is 11.7. The summed E-state index contributed by atoms with van der Waals surface area (Å²) in [6.07, 6.45) is 1.41. The van der Waals surface area contributed by atoms with Crippen LogP contribution in [0.4, 0.5) is 0 Å². The molecule has 0 atom stereocenters. The molecule has 0 aromatic carbocycles. The zero-order valence-electron chi connectivity index (χ0n) is 12.0. The number of hydrogen-bond acceptors (Lipinski definition) is 6. The molecule has 0 aliphatic heterocycles. The quantitative estimate of drug-likeness (QED) is 0.524. The molecule has 8 heteroatoms. The van der Waals surface area contributed by atoms with E-state index in [2.05, 4.69) is 20.4 Å². The second-order valence-electron chi connectivity index (χ2n) is 4.13. The molecule has 0 fully saturated rings. The van der Waals surface area contributed by atoms with Crippen LogP contribution >= 0.6 is 0 Å². The average molecular weight is 284 g/mol. The SMILES string of the molecule is CCCc1c(C(=O)OC)nnn1CC(=O)NCCOC. The van der Waals surface area contributed by atoms with Crippen molar-refractivity contribution in [1.82, 2.24) is 20.3 Å². The molecule has 1 heterocycles. The van der Waals surface area contributed by atoms with Gasteiger partial charge < -0.3 is 14.8 Å². The lowest BCUT2D eigenvalue weighted by atomic mass is 10.2. The highest BCUT2D eigenvalue weighted by Crippen LogP contribution is 2.09. The predicted octanol–water partition coefficient (Wildman–Crippen LogP) is -0.220. The number of carbonyl (C=O) groups excluding carboxylic acids is 2. The first-order valence-corrected chi connectivity index (χ1v) is 6.40. The van der Waals surface area contributed by atoms with Gasteiger partial charge in [0.2, 0.25) is 5.91 Å². The van der Waals surface area contributed by atoms with Gasteiger partial charge in [0.05, 0.1) is 19.4 Å². The largest absolute Gasteiger partial charge is 0.464 e. The van der Waals surface area contributed by atoms with Crippen molar-refractivity contribution in [2.45, 2.75) is 26.3 Å². The van der Waals surface area contributed by atoms with Crippen LogP contribution in [0.1, 0.15) is 29.5 Å². The van der Waals surface area contributed by atoms with Crippen molar-refractivity contribution in [3.8, 4) is 0 Å². The summed E-state index contributed by atoms with van der Waals surface area (Å²) in [6, 6.07) is 0. The zero-order chi connectivity index (χ0) is 15.0. The zero-order valence-corrected chi connectivity index (χ0v) is 12.0. The molecule has 1 aromatic heterocycles. The summed E-state index contributed by atoms with van der Waals surface area (Å²) in [6.45, 7) is 2.86. The van der Waals surface area contributed by atoms with Gasteiger partial charge in [-0.2, -0.15) is 0 Å². The topological polar surface area (TPSA) is 95.3 Å². The Hall–Kier alpha value is -1.96. The lowest BCUT2D eigenvalue weighted by molar-refractivity contribution is -0.122. The van der Waals surface area contributed by atoms with Gasteiger partial charge in [-0.15, -0.1) is 5.10 Å². The Morgan fingerprint density at radius 3 is 2.70 bits per heavy atom. The summed E-state index contributed by atoms with van der Waals surface area (Å²) in [4.78, 5) is 23.3. The van der Waals surface area contributed by atoms with E-state index in [4.69, 9.17) is 4.74 Å². The third kappa shape index (κ3) is 4.30. The van der Waals surface area contributed by atoms with E-state index in [1.54, 1.807) is 7.11 Å². The minimum Gasteiger partial charge on any atom is -0.464 e. The Labute approximate surface area is 117 Å². The smallest absolute Gasteiger partial charge is 0.360 e. The highest BCUT2D eigenvalue weighted by molar-refractivity contribution is 5.88. The highest BCUT2D eigenvalue weighted by Gasteiger charge is 2.20. The van der Waals surface area contributed by atoms with Crippen molar-refractivity contribution < 1.29 is 19.1 Å². The van der Waals surface area contributed by atoms with Crippen LogP contribution in [0.2, 0.25) is 0 Å². The van der Waals surface area contributed by atoms with Crippen LogP contribution in [0.15, 0.2) is 0 Å². The third-order valence-corrected chi connectivity index (χ3v) is 2.62. The number of rotatable bonds is 8. The number of methoxy groups -OCH3 is 2. The first-order valence-electron chi connectivity index (χ1n) is 6.40. The highest BCUT2D eigenvalue weighted by atomic mass is 16.5. The maximum Gasteiger partial charge on any atom is 0.360 e. The monoisotopic (exact) mass is 284 g/mol. The van der Waals surface area contributed by atoms with E-state index in [-0.39, 0.29) is 18.1 Å². The minimum atomic E-state index is -0.542. The molecule has 1 N–H and O–H groups in total. The summed E-state index contributed by atoms with van der Waals surface area (Å²) in [7, 11) is 2.85. The van der Waals surface area contributed by atoms with Crippen LogP contribution in [0.3, 0.4) is 0 Å². The summed E-state index contributed by atoms with van der Waals surface area (Å²) in [5, 5.41) is 10.3. The second-order valence-corrected chi connectivity index (χ2v) is 4.13. The molecule has 8 nitrogen and oxygen atoms in total. The van der Waals surface area contributed by atoms with E-state index in [0.717, 1.165) is 6.42 Å². The fraction of sp³-hybridized carbons (Fsp3) is 0.667. The first kappa shape index (κ1) is 16.1. The minimum absolute atomic E-state index is 0.0169. The molecule has 112 valence electrons. The molecule has 0 radical (unpaired) electrons. The van der Waals surface area contributed by atoms with E-state index in [9.17, 15) is 9.59 Å².